The van der Waals surface area contributed by atoms with Crippen molar-refractivity contribution in [3.63, 3.8) is 0 Å². The first-order valence-electron chi connectivity index (χ1n) is 6.19. The first-order valence-corrected chi connectivity index (χ1v) is 6.19. The number of hydrogen-bond acceptors (Lipinski definition) is 2. The average Bonchev–Trinajstić information content (AvgIpc) is 2.56. The van der Waals surface area contributed by atoms with E-state index in [0.717, 1.165) is 0 Å². The number of aromatic nitrogens is 1. The maximum absolute atomic E-state index is 13.3. The summed E-state index contributed by atoms with van der Waals surface area (Å²) >= 11 is 0. The molecule has 0 amide bonds. The maximum atomic E-state index is 13.3. The monoisotopic (exact) mass is 222 g/mol. The van der Waals surface area contributed by atoms with Gasteiger partial charge in [-0.3, -0.25) is 4.98 Å². The predicted octanol–water partition coefficient (Wildman–Crippen LogP) is 3.03. The Bertz CT molecular complexity index is 319. The summed E-state index contributed by atoms with van der Waals surface area (Å²) < 4.78 is 13.3. The minimum Gasteiger partial charge on any atom is -0.308 e. The molecule has 16 heavy (non-hydrogen) atoms. The largest absolute Gasteiger partial charge is 0.308 e. The van der Waals surface area contributed by atoms with Crippen molar-refractivity contribution in [3.8, 4) is 0 Å². The summed E-state index contributed by atoms with van der Waals surface area (Å²) in [4.78, 5) is 4.05. The highest BCUT2D eigenvalue weighted by atomic mass is 19.1. The first-order chi connectivity index (χ1) is 7.86. The lowest BCUT2D eigenvalue weighted by atomic mass is 10.1. The molecule has 0 bridgehead atoms. The molecule has 1 fully saturated rings. The van der Waals surface area contributed by atoms with Crippen molar-refractivity contribution >= 4 is 0 Å². The van der Waals surface area contributed by atoms with Gasteiger partial charge in [-0.05, 0) is 25.0 Å². The number of pyridine rings is 1. The molecule has 1 aromatic rings. The van der Waals surface area contributed by atoms with Crippen LogP contribution < -0.4 is 5.32 Å². The summed E-state index contributed by atoms with van der Waals surface area (Å²) in [6.45, 7) is 0.553. The van der Waals surface area contributed by atoms with Crippen molar-refractivity contribution in [2.75, 3.05) is 0 Å². The number of nitrogens with zero attached hydrogens (tertiary/aromatic N) is 1. The third-order valence-corrected chi connectivity index (χ3v) is 3.25. The van der Waals surface area contributed by atoms with Gasteiger partial charge in [0.2, 0.25) is 0 Å². The molecule has 1 saturated carbocycles. The van der Waals surface area contributed by atoms with E-state index >= 15 is 0 Å². The molecule has 0 atom stereocenters. The standard InChI is InChI=1S/C13H19FN2/c14-12-8-5-9-15-13(12)10-16-11-6-3-1-2-4-7-11/h5,8-9,11,16H,1-4,6-7,10H2. The van der Waals surface area contributed by atoms with E-state index in [2.05, 4.69) is 10.3 Å². The lowest BCUT2D eigenvalue weighted by Crippen LogP contribution is -2.28. The number of nitrogens with one attached hydrogen (secondary N) is 1. The zero-order chi connectivity index (χ0) is 11.2. The highest BCUT2D eigenvalue weighted by Crippen LogP contribution is 2.17. The fourth-order valence-corrected chi connectivity index (χ4v) is 2.27. The first kappa shape index (κ1) is 11.5. The second-order valence-corrected chi connectivity index (χ2v) is 4.50. The fourth-order valence-electron chi connectivity index (χ4n) is 2.27. The van der Waals surface area contributed by atoms with Gasteiger partial charge in [-0.1, -0.05) is 25.7 Å². The Kier molecular flexibility index (Phi) is 4.28. The van der Waals surface area contributed by atoms with E-state index in [-0.39, 0.29) is 5.82 Å². The van der Waals surface area contributed by atoms with Gasteiger partial charge in [-0.2, -0.15) is 0 Å². The van der Waals surface area contributed by atoms with Gasteiger partial charge in [-0.15, -0.1) is 0 Å². The summed E-state index contributed by atoms with van der Waals surface area (Å²) in [5.41, 5.74) is 0.534. The van der Waals surface area contributed by atoms with Gasteiger partial charge in [0, 0.05) is 18.8 Å². The van der Waals surface area contributed by atoms with Crippen LogP contribution in [0, 0.1) is 5.82 Å². The fraction of sp³-hybridized carbons (Fsp3) is 0.615. The summed E-state index contributed by atoms with van der Waals surface area (Å²) in [5.74, 6) is -0.205. The number of rotatable bonds is 3. The van der Waals surface area contributed by atoms with E-state index in [0.29, 0.717) is 18.3 Å². The molecular formula is C13H19FN2. The molecule has 0 radical (unpaired) electrons. The van der Waals surface area contributed by atoms with E-state index in [1.807, 2.05) is 0 Å². The van der Waals surface area contributed by atoms with Crippen LogP contribution in [0.25, 0.3) is 0 Å². The molecule has 88 valence electrons. The molecule has 2 rings (SSSR count). The van der Waals surface area contributed by atoms with E-state index in [9.17, 15) is 4.39 Å². The number of hydrogen-bond donors (Lipinski definition) is 1. The van der Waals surface area contributed by atoms with Gasteiger partial charge in [0.25, 0.3) is 0 Å². The smallest absolute Gasteiger partial charge is 0.146 e. The van der Waals surface area contributed by atoms with Gasteiger partial charge in [0.1, 0.15) is 5.82 Å². The quantitative estimate of drug-likeness (QED) is 0.795. The molecular weight excluding hydrogens is 203 g/mol. The minimum absolute atomic E-state index is 0.205. The van der Waals surface area contributed by atoms with Crippen LogP contribution in [0.2, 0.25) is 0 Å². The Morgan fingerprint density at radius 1 is 1.25 bits per heavy atom. The van der Waals surface area contributed by atoms with E-state index in [4.69, 9.17) is 0 Å². The van der Waals surface area contributed by atoms with Gasteiger partial charge >= 0.3 is 0 Å². The Morgan fingerprint density at radius 2 is 2.00 bits per heavy atom. The van der Waals surface area contributed by atoms with Crippen LogP contribution in [0.15, 0.2) is 18.3 Å². The molecule has 1 aromatic heterocycles. The van der Waals surface area contributed by atoms with Crippen LogP contribution in [-0.2, 0) is 6.54 Å². The molecule has 0 unspecified atom stereocenters. The van der Waals surface area contributed by atoms with E-state index in [1.54, 1.807) is 12.3 Å². The Hall–Kier alpha value is -0.960. The molecule has 0 saturated heterocycles. The highest BCUT2D eigenvalue weighted by molar-refractivity contribution is 5.06. The minimum atomic E-state index is -0.205. The third kappa shape index (κ3) is 3.27. The van der Waals surface area contributed by atoms with Crippen molar-refractivity contribution in [2.45, 2.75) is 51.1 Å². The molecule has 0 aromatic carbocycles. The summed E-state index contributed by atoms with van der Waals surface area (Å²) in [6, 6.07) is 3.64. The van der Waals surface area contributed by atoms with Crippen molar-refractivity contribution in [3.05, 3.63) is 29.8 Å². The highest BCUT2D eigenvalue weighted by Gasteiger charge is 2.12. The zero-order valence-electron chi connectivity index (χ0n) is 9.58. The molecule has 0 aliphatic heterocycles. The van der Waals surface area contributed by atoms with Crippen LogP contribution in [0.5, 0.6) is 0 Å². The lowest BCUT2D eigenvalue weighted by molar-refractivity contribution is 0.448. The Morgan fingerprint density at radius 3 is 2.69 bits per heavy atom. The molecule has 1 aliphatic rings. The zero-order valence-corrected chi connectivity index (χ0v) is 9.58. The maximum Gasteiger partial charge on any atom is 0.146 e. The van der Waals surface area contributed by atoms with Gasteiger partial charge < -0.3 is 5.32 Å². The molecule has 1 N–H and O–H groups in total. The van der Waals surface area contributed by atoms with Crippen molar-refractivity contribution in [1.82, 2.24) is 10.3 Å². The summed E-state index contributed by atoms with van der Waals surface area (Å²) in [7, 11) is 0. The van der Waals surface area contributed by atoms with Crippen molar-refractivity contribution in [1.29, 1.82) is 0 Å². The summed E-state index contributed by atoms with van der Waals surface area (Å²) in [6.07, 6.45) is 9.35. The number of halogens is 1. The third-order valence-electron chi connectivity index (χ3n) is 3.25. The van der Waals surface area contributed by atoms with Crippen LogP contribution in [0.4, 0.5) is 4.39 Å². The van der Waals surface area contributed by atoms with Crippen molar-refractivity contribution < 1.29 is 4.39 Å². The average molecular weight is 222 g/mol. The molecule has 3 heteroatoms. The van der Waals surface area contributed by atoms with Gasteiger partial charge in [-0.25, -0.2) is 4.39 Å². The molecule has 1 aliphatic carbocycles. The topological polar surface area (TPSA) is 24.9 Å². The van der Waals surface area contributed by atoms with Gasteiger partial charge in [0.15, 0.2) is 0 Å². The van der Waals surface area contributed by atoms with E-state index in [1.165, 1.54) is 44.6 Å². The normalized spacial score (nSPS) is 18.3. The second kappa shape index (κ2) is 5.94. The SMILES string of the molecule is Fc1cccnc1CNC1CCCCCC1. The second-order valence-electron chi connectivity index (χ2n) is 4.50. The van der Waals surface area contributed by atoms with E-state index < -0.39 is 0 Å². The lowest BCUT2D eigenvalue weighted by Gasteiger charge is -2.15. The Labute approximate surface area is 96.3 Å². The van der Waals surface area contributed by atoms with Crippen molar-refractivity contribution in [2.24, 2.45) is 0 Å². The van der Waals surface area contributed by atoms with Crippen LogP contribution in [0.3, 0.4) is 0 Å². The Balaban J connectivity index is 1.84. The van der Waals surface area contributed by atoms with Crippen LogP contribution >= 0.6 is 0 Å². The van der Waals surface area contributed by atoms with Crippen LogP contribution in [0.1, 0.15) is 44.2 Å². The van der Waals surface area contributed by atoms with Crippen LogP contribution in [-0.4, -0.2) is 11.0 Å². The molecule has 1 heterocycles. The predicted molar refractivity (Wildman–Crippen MR) is 62.5 cm³/mol. The molecule has 0 spiro atoms. The van der Waals surface area contributed by atoms with Gasteiger partial charge in [0.05, 0.1) is 5.69 Å². The summed E-state index contributed by atoms with van der Waals surface area (Å²) in [5, 5.41) is 3.42. The molecule has 2 nitrogen and oxygen atoms in total.